The highest BCUT2D eigenvalue weighted by Crippen LogP contribution is 2.27. The minimum Gasteiger partial charge on any atom is -0.477 e. The first-order chi connectivity index (χ1) is 9.00. The summed E-state index contributed by atoms with van der Waals surface area (Å²) in [5.41, 5.74) is -0.145. The first kappa shape index (κ1) is 13.6. The summed E-state index contributed by atoms with van der Waals surface area (Å²) < 4.78 is 0. The third-order valence-corrected chi connectivity index (χ3v) is 3.83. The van der Waals surface area contributed by atoms with E-state index >= 15 is 0 Å². The van der Waals surface area contributed by atoms with Crippen molar-refractivity contribution in [3.63, 3.8) is 0 Å². The van der Waals surface area contributed by atoms with Crippen LogP contribution in [0.5, 0.6) is 0 Å². The van der Waals surface area contributed by atoms with Crippen LogP contribution in [0, 0.1) is 5.92 Å². The number of carboxylic acids is 1. The normalized spacial score (nSPS) is 23.1. The Hall–Kier alpha value is -1.85. The SMILES string of the molecule is CC1CCCC(N(C)C(=O)c2nc[nH]c2C(=O)O)C1. The monoisotopic (exact) mass is 265 g/mol. The van der Waals surface area contributed by atoms with Crippen molar-refractivity contribution in [3.05, 3.63) is 17.7 Å². The Balaban J connectivity index is 2.14. The van der Waals surface area contributed by atoms with Gasteiger partial charge in [-0.1, -0.05) is 19.8 Å². The highest BCUT2D eigenvalue weighted by Gasteiger charge is 2.29. The number of aromatic nitrogens is 2. The first-order valence-corrected chi connectivity index (χ1v) is 6.54. The van der Waals surface area contributed by atoms with Crippen molar-refractivity contribution < 1.29 is 14.7 Å². The predicted molar refractivity (Wildman–Crippen MR) is 69.1 cm³/mol. The molecule has 1 heterocycles. The van der Waals surface area contributed by atoms with Crippen molar-refractivity contribution >= 4 is 11.9 Å². The van der Waals surface area contributed by atoms with Crippen LogP contribution >= 0.6 is 0 Å². The molecule has 0 aromatic carbocycles. The summed E-state index contributed by atoms with van der Waals surface area (Å²) in [5.74, 6) is -0.879. The molecule has 19 heavy (non-hydrogen) atoms. The summed E-state index contributed by atoms with van der Waals surface area (Å²) in [5, 5.41) is 9.00. The molecule has 104 valence electrons. The molecule has 2 N–H and O–H groups in total. The lowest BCUT2D eigenvalue weighted by Crippen LogP contribution is -2.40. The molecule has 1 saturated carbocycles. The minimum atomic E-state index is -1.16. The highest BCUT2D eigenvalue weighted by molar-refractivity contribution is 6.02. The van der Waals surface area contributed by atoms with Gasteiger partial charge in [-0.2, -0.15) is 0 Å². The molecule has 6 nitrogen and oxygen atoms in total. The fourth-order valence-corrected chi connectivity index (χ4v) is 2.71. The van der Waals surface area contributed by atoms with E-state index < -0.39 is 5.97 Å². The van der Waals surface area contributed by atoms with Crippen molar-refractivity contribution in [3.8, 4) is 0 Å². The second-order valence-corrected chi connectivity index (χ2v) is 5.27. The molecule has 1 amide bonds. The summed E-state index contributed by atoms with van der Waals surface area (Å²) >= 11 is 0. The largest absolute Gasteiger partial charge is 0.477 e. The molecule has 2 atom stereocenters. The van der Waals surface area contributed by atoms with E-state index in [9.17, 15) is 9.59 Å². The third kappa shape index (κ3) is 2.77. The zero-order valence-electron chi connectivity index (χ0n) is 11.2. The van der Waals surface area contributed by atoms with Crippen molar-refractivity contribution in [1.82, 2.24) is 14.9 Å². The van der Waals surface area contributed by atoms with Gasteiger partial charge in [-0.05, 0) is 18.8 Å². The summed E-state index contributed by atoms with van der Waals surface area (Å²) in [7, 11) is 1.73. The van der Waals surface area contributed by atoms with E-state index in [1.54, 1.807) is 11.9 Å². The Morgan fingerprint density at radius 3 is 2.84 bits per heavy atom. The van der Waals surface area contributed by atoms with Gasteiger partial charge in [-0.15, -0.1) is 0 Å². The number of imidazole rings is 1. The lowest BCUT2D eigenvalue weighted by atomic mass is 9.86. The number of amides is 1. The van der Waals surface area contributed by atoms with Gasteiger partial charge in [0, 0.05) is 13.1 Å². The number of aromatic amines is 1. The zero-order valence-corrected chi connectivity index (χ0v) is 11.2. The number of nitrogens with one attached hydrogen (secondary N) is 1. The maximum absolute atomic E-state index is 12.3. The number of carboxylic acid groups (broad SMARTS) is 1. The van der Waals surface area contributed by atoms with Gasteiger partial charge in [0.2, 0.25) is 0 Å². The van der Waals surface area contributed by atoms with Crippen molar-refractivity contribution in [2.75, 3.05) is 7.05 Å². The average molecular weight is 265 g/mol. The van der Waals surface area contributed by atoms with Gasteiger partial charge in [0.25, 0.3) is 5.91 Å². The smallest absolute Gasteiger partial charge is 0.354 e. The Morgan fingerprint density at radius 1 is 1.47 bits per heavy atom. The Morgan fingerprint density at radius 2 is 2.21 bits per heavy atom. The molecule has 1 fully saturated rings. The second kappa shape index (κ2) is 5.42. The van der Waals surface area contributed by atoms with Gasteiger partial charge in [-0.25, -0.2) is 9.78 Å². The molecule has 2 unspecified atom stereocenters. The van der Waals surface area contributed by atoms with E-state index in [1.807, 2.05) is 0 Å². The number of hydrogen-bond acceptors (Lipinski definition) is 3. The van der Waals surface area contributed by atoms with Gasteiger partial charge < -0.3 is 15.0 Å². The van der Waals surface area contributed by atoms with Crippen molar-refractivity contribution in [2.45, 2.75) is 38.6 Å². The van der Waals surface area contributed by atoms with Gasteiger partial charge in [0.1, 0.15) is 0 Å². The van der Waals surface area contributed by atoms with Crippen LogP contribution in [0.25, 0.3) is 0 Å². The summed E-state index contributed by atoms with van der Waals surface area (Å²) in [4.78, 5) is 31.3. The van der Waals surface area contributed by atoms with Crippen LogP contribution in [0.4, 0.5) is 0 Å². The Kier molecular flexibility index (Phi) is 3.87. The van der Waals surface area contributed by atoms with Crippen LogP contribution in [0.15, 0.2) is 6.33 Å². The number of rotatable bonds is 3. The van der Waals surface area contributed by atoms with Crippen LogP contribution in [-0.4, -0.2) is 44.9 Å². The fourth-order valence-electron chi connectivity index (χ4n) is 2.71. The average Bonchev–Trinajstić information content (AvgIpc) is 2.86. The molecular weight excluding hydrogens is 246 g/mol. The lowest BCUT2D eigenvalue weighted by molar-refractivity contribution is 0.0634. The van der Waals surface area contributed by atoms with E-state index in [1.165, 1.54) is 12.7 Å². The van der Waals surface area contributed by atoms with E-state index in [4.69, 9.17) is 5.11 Å². The molecule has 2 rings (SSSR count). The van der Waals surface area contributed by atoms with Crippen LogP contribution in [-0.2, 0) is 0 Å². The second-order valence-electron chi connectivity index (χ2n) is 5.27. The quantitative estimate of drug-likeness (QED) is 0.871. The number of carbonyl (C=O) groups is 2. The zero-order chi connectivity index (χ0) is 14.0. The molecule has 1 aromatic heterocycles. The third-order valence-electron chi connectivity index (χ3n) is 3.83. The molecule has 0 aliphatic heterocycles. The molecular formula is C13H19N3O3. The molecule has 0 saturated heterocycles. The molecule has 0 bridgehead atoms. The Bertz CT molecular complexity index is 483. The Labute approximate surface area is 111 Å². The molecule has 6 heteroatoms. The summed E-state index contributed by atoms with van der Waals surface area (Å²) in [6.45, 7) is 2.18. The van der Waals surface area contributed by atoms with Crippen molar-refractivity contribution in [2.24, 2.45) is 5.92 Å². The van der Waals surface area contributed by atoms with Crippen LogP contribution in [0.2, 0.25) is 0 Å². The first-order valence-electron chi connectivity index (χ1n) is 6.54. The van der Waals surface area contributed by atoms with Crippen molar-refractivity contribution in [1.29, 1.82) is 0 Å². The topological polar surface area (TPSA) is 86.3 Å². The maximum Gasteiger partial charge on any atom is 0.354 e. The van der Waals surface area contributed by atoms with E-state index in [0.29, 0.717) is 5.92 Å². The summed E-state index contributed by atoms with van der Waals surface area (Å²) in [6, 6.07) is 0.176. The molecule has 1 aromatic rings. The van der Waals surface area contributed by atoms with E-state index in [2.05, 4.69) is 16.9 Å². The number of H-pyrrole nitrogens is 1. The predicted octanol–water partition coefficient (Wildman–Crippen LogP) is 1.76. The van der Waals surface area contributed by atoms with E-state index in [-0.39, 0.29) is 23.3 Å². The molecule has 1 aliphatic rings. The molecule has 1 aliphatic carbocycles. The minimum absolute atomic E-state index is 0.00627. The highest BCUT2D eigenvalue weighted by atomic mass is 16.4. The number of hydrogen-bond donors (Lipinski definition) is 2. The van der Waals surface area contributed by atoms with Gasteiger partial charge >= 0.3 is 5.97 Å². The number of nitrogens with zero attached hydrogens (tertiary/aromatic N) is 2. The van der Waals surface area contributed by atoms with Gasteiger partial charge in [-0.3, -0.25) is 4.79 Å². The standard InChI is InChI=1S/C13H19N3O3/c1-8-4-3-5-9(6-8)16(2)12(17)10-11(13(18)19)15-7-14-10/h7-9H,3-6H2,1-2H3,(H,14,15)(H,18,19). The van der Waals surface area contributed by atoms with Gasteiger partial charge in [0.15, 0.2) is 11.4 Å². The van der Waals surface area contributed by atoms with Crippen LogP contribution in [0.3, 0.4) is 0 Å². The maximum atomic E-state index is 12.3. The summed E-state index contributed by atoms with van der Waals surface area (Å²) in [6.07, 6.45) is 5.49. The van der Waals surface area contributed by atoms with Crippen LogP contribution in [0.1, 0.15) is 53.6 Å². The molecule has 0 spiro atoms. The number of carbonyl (C=O) groups excluding carboxylic acids is 1. The van der Waals surface area contributed by atoms with Crippen LogP contribution < -0.4 is 0 Å². The lowest BCUT2D eigenvalue weighted by Gasteiger charge is -2.33. The number of aromatic carboxylic acids is 1. The molecule has 0 radical (unpaired) electrons. The van der Waals surface area contributed by atoms with Gasteiger partial charge in [0.05, 0.1) is 6.33 Å². The fraction of sp³-hybridized carbons (Fsp3) is 0.615. The van der Waals surface area contributed by atoms with E-state index in [0.717, 1.165) is 19.3 Å².